The van der Waals surface area contributed by atoms with E-state index < -0.39 is 6.10 Å². The van der Waals surface area contributed by atoms with Crippen LogP contribution in [0.2, 0.25) is 5.02 Å². The molecule has 3 nitrogen and oxygen atoms in total. The van der Waals surface area contributed by atoms with Crippen LogP contribution in [0.5, 0.6) is 5.75 Å². The molecule has 4 heteroatoms. The highest BCUT2D eigenvalue weighted by Crippen LogP contribution is 2.27. The Labute approximate surface area is 126 Å². The molecule has 0 radical (unpaired) electrons. The van der Waals surface area contributed by atoms with Crippen LogP contribution in [-0.2, 0) is 0 Å². The van der Waals surface area contributed by atoms with Gasteiger partial charge in [-0.05, 0) is 43.9 Å². The Hall–Kier alpha value is -0.770. The number of aliphatic hydroxyl groups is 1. The zero-order chi connectivity index (χ0) is 14.4. The van der Waals surface area contributed by atoms with Crippen LogP contribution in [0.1, 0.15) is 32.6 Å². The molecule has 0 spiro atoms. The fourth-order valence-corrected chi connectivity index (χ4v) is 2.93. The molecule has 2 atom stereocenters. The molecule has 2 N–H and O–H groups in total. The van der Waals surface area contributed by atoms with Crippen molar-refractivity contribution < 1.29 is 9.84 Å². The second kappa shape index (κ2) is 7.87. The van der Waals surface area contributed by atoms with E-state index in [1.807, 2.05) is 12.1 Å². The van der Waals surface area contributed by atoms with Crippen LogP contribution >= 0.6 is 11.6 Å². The maximum absolute atomic E-state index is 9.95. The molecule has 1 saturated carbocycles. The van der Waals surface area contributed by atoms with Crippen LogP contribution in [0, 0.1) is 5.92 Å². The van der Waals surface area contributed by atoms with Crippen LogP contribution in [-0.4, -0.2) is 30.4 Å². The summed E-state index contributed by atoms with van der Waals surface area (Å²) in [6.45, 7) is 3.06. The van der Waals surface area contributed by atoms with Crippen LogP contribution in [0.4, 0.5) is 0 Å². The third-order valence-corrected chi connectivity index (χ3v) is 4.26. The van der Waals surface area contributed by atoms with Gasteiger partial charge in [0.2, 0.25) is 0 Å². The third-order valence-electron chi connectivity index (χ3n) is 4.02. The summed E-state index contributed by atoms with van der Waals surface area (Å²) in [7, 11) is 0. The number of ether oxygens (including phenoxy) is 1. The molecule has 0 heterocycles. The van der Waals surface area contributed by atoms with E-state index in [0.717, 1.165) is 5.92 Å². The zero-order valence-corrected chi connectivity index (χ0v) is 12.8. The van der Waals surface area contributed by atoms with E-state index in [1.54, 1.807) is 12.1 Å². The lowest BCUT2D eigenvalue weighted by Crippen LogP contribution is -2.39. The summed E-state index contributed by atoms with van der Waals surface area (Å²) in [5.74, 6) is 1.46. The summed E-state index contributed by atoms with van der Waals surface area (Å²) >= 11 is 5.88. The molecule has 1 aromatic carbocycles. The number of rotatable bonds is 7. The summed E-state index contributed by atoms with van der Waals surface area (Å²) in [4.78, 5) is 0. The summed E-state index contributed by atoms with van der Waals surface area (Å²) in [5, 5.41) is 14.0. The molecule has 0 aromatic heterocycles. The lowest BCUT2D eigenvalue weighted by Gasteiger charge is -2.22. The Bertz CT molecular complexity index is 407. The highest BCUT2D eigenvalue weighted by Gasteiger charge is 2.21. The van der Waals surface area contributed by atoms with E-state index in [1.165, 1.54) is 25.7 Å². The van der Waals surface area contributed by atoms with Gasteiger partial charge in [0.25, 0.3) is 0 Å². The van der Waals surface area contributed by atoms with Gasteiger partial charge in [0.1, 0.15) is 18.5 Å². The van der Waals surface area contributed by atoms with E-state index in [0.29, 0.717) is 23.4 Å². The van der Waals surface area contributed by atoms with Gasteiger partial charge in [-0.1, -0.05) is 30.5 Å². The quantitative estimate of drug-likeness (QED) is 0.812. The van der Waals surface area contributed by atoms with E-state index in [2.05, 4.69) is 12.2 Å². The van der Waals surface area contributed by atoms with Crippen molar-refractivity contribution in [2.24, 2.45) is 5.92 Å². The molecule has 1 aliphatic rings. The average Bonchev–Trinajstić information content (AvgIpc) is 2.97. The molecular weight excluding hydrogens is 274 g/mol. The third kappa shape index (κ3) is 4.97. The first-order valence-corrected chi connectivity index (χ1v) is 7.83. The molecule has 1 fully saturated rings. The predicted molar refractivity (Wildman–Crippen MR) is 82.4 cm³/mol. The van der Waals surface area contributed by atoms with E-state index in [4.69, 9.17) is 16.3 Å². The normalized spacial score (nSPS) is 18.9. The van der Waals surface area contributed by atoms with Crippen molar-refractivity contribution in [3.8, 4) is 5.75 Å². The number of nitrogens with one attached hydrogen (secondary N) is 1. The molecule has 2 unspecified atom stereocenters. The maximum atomic E-state index is 9.95. The molecule has 1 aromatic rings. The Morgan fingerprint density at radius 1 is 1.40 bits per heavy atom. The Morgan fingerprint density at radius 2 is 2.15 bits per heavy atom. The molecule has 0 aliphatic heterocycles. The molecular formula is C16H24ClNO2. The van der Waals surface area contributed by atoms with Crippen molar-refractivity contribution in [2.75, 3.05) is 13.2 Å². The summed E-state index contributed by atoms with van der Waals surface area (Å²) in [6, 6.07) is 7.70. The predicted octanol–water partition coefficient (Wildman–Crippen LogP) is 3.25. The average molecular weight is 298 g/mol. The lowest BCUT2D eigenvalue weighted by atomic mass is 10.00. The second-order valence-corrected chi connectivity index (χ2v) is 6.10. The molecule has 0 amide bonds. The highest BCUT2D eigenvalue weighted by atomic mass is 35.5. The van der Waals surface area contributed by atoms with Gasteiger partial charge in [0, 0.05) is 17.6 Å². The van der Waals surface area contributed by atoms with Crippen molar-refractivity contribution >= 4 is 11.6 Å². The summed E-state index contributed by atoms with van der Waals surface area (Å²) in [5.41, 5.74) is 0. The van der Waals surface area contributed by atoms with Crippen molar-refractivity contribution in [3.63, 3.8) is 0 Å². The number of hydrogen-bond donors (Lipinski definition) is 2. The maximum Gasteiger partial charge on any atom is 0.120 e. The van der Waals surface area contributed by atoms with Crippen molar-refractivity contribution in [1.82, 2.24) is 5.32 Å². The molecule has 20 heavy (non-hydrogen) atoms. The first-order valence-electron chi connectivity index (χ1n) is 7.45. The number of aliphatic hydroxyl groups excluding tert-OH is 1. The van der Waals surface area contributed by atoms with Gasteiger partial charge < -0.3 is 15.2 Å². The van der Waals surface area contributed by atoms with Crippen LogP contribution in [0.3, 0.4) is 0 Å². The van der Waals surface area contributed by atoms with E-state index in [9.17, 15) is 5.11 Å². The topological polar surface area (TPSA) is 41.5 Å². The molecule has 112 valence electrons. The number of hydrogen-bond acceptors (Lipinski definition) is 3. The fourth-order valence-electron chi connectivity index (χ4n) is 2.75. The Kier molecular flexibility index (Phi) is 6.14. The van der Waals surface area contributed by atoms with Gasteiger partial charge in [0.05, 0.1) is 0 Å². The monoisotopic (exact) mass is 297 g/mol. The lowest BCUT2D eigenvalue weighted by molar-refractivity contribution is 0.102. The van der Waals surface area contributed by atoms with Gasteiger partial charge in [-0.3, -0.25) is 0 Å². The number of halogens is 1. The smallest absolute Gasteiger partial charge is 0.120 e. The minimum absolute atomic E-state index is 0.282. The van der Waals surface area contributed by atoms with Crippen LogP contribution < -0.4 is 10.1 Å². The number of benzene rings is 1. The van der Waals surface area contributed by atoms with Crippen LogP contribution in [0.25, 0.3) is 0 Å². The molecule has 1 aliphatic carbocycles. The van der Waals surface area contributed by atoms with Gasteiger partial charge in [0.15, 0.2) is 0 Å². The SMILES string of the molecule is CC(NCC(O)COc1cccc(Cl)c1)C1CCCC1. The summed E-state index contributed by atoms with van der Waals surface area (Å²) < 4.78 is 5.53. The van der Waals surface area contributed by atoms with Gasteiger partial charge in [-0.15, -0.1) is 0 Å². The van der Waals surface area contributed by atoms with Crippen molar-refractivity contribution in [3.05, 3.63) is 29.3 Å². The Balaban J connectivity index is 1.66. The zero-order valence-electron chi connectivity index (χ0n) is 12.0. The fraction of sp³-hybridized carbons (Fsp3) is 0.625. The standard InChI is InChI=1S/C16H24ClNO2/c1-12(13-5-2-3-6-13)18-10-15(19)11-20-16-8-4-7-14(17)9-16/h4,7-9,12-13,15,18-19H,2-3,5-6,10-11H2,1H3. The minimum Gasteiger partial charge on any atom is -0.491 e. The first kappa shape index (κ1) is 15.6. The van der Waals surface area contributed by atoms with Gasteiger partial charge >= 0.3 is 0 Å². The first-order chi connectivity index (χ1) is 9.65. The summed E-state index contributed by atoms with van der Waals surface area (Å²) in [6.07, 6.45) is 4.80. The van der Waals surface area contributed by atoms with Crippen molar-refractivity contribution in [2.45, 2.75) is 44.8 Å². The Morgan fingerprint density at radius 3 is 2.85 bits per heavy atom. The van der Waals surface area contributed by atoms with Crippen LogP contribution in [0.15, 0.2) is 24.3 Å². The van der Waals surface area contributed by atoms with Gasteiger partial charge in [-0.25, -0.2) is 0 Å². The largest absolute Gasteiger partial charge is 0.491 e. The second-order valence-electron chi connectivity index (χ2n) is 5.66. The van der Waals surface area contributed by atoms with Gasteiger partial charge in [-0.2, -0.15) is 0 Å². The molecule has 0 saturated heterocycles. The minimum atomic E-state index is -0.502. The highest BCUT2D eigenvalue weighted by molar-refractivity contribution is 6.30. The van der Waals surface area contributed by atoms with E-state index >= 15 is 0 Å². The van der Waals surface area contributed by atoms with Crippen molar-refractivity contribution in [1.29, 1.82) is 0 Å². The van der Waals surface area contributed by atoms with E-state index in [-0.39, 0.29) is 6.61 Å². The molecule has 0 bridgehead atoms. The molecule has 2 rings (SSSR count).